The molecule has 1 unspecified atom stereocenters. The zero-order valence-corrected chi connectivity index (χ0v) is 12.9. The number of nitrogens with one attached hydrogen (secondary N) is 2. The number of nitrogens with zero attached hydrogens (tertiary/aromatic N) is 3. The molecule has 0 bridgehead atoms. The van der Waals surface area contributed by atoms with E-state index in [-0.39, 0.29) is 12.3 Å². The van der Waals surface area contributed by atoms with E-state index in [0.29, 0.717) is 24.4 Å². The number of amidine groups is 1. The van der Waals surface area contributed by atoms with Gasteiger partial charge in [-0.25, -0.2) is 4.98 Å². The molecule has 0 aromatic carbocycles. The molecule has 23 heavy (non-hydrogen) atoms. The molecule has 1 atom stereocenters. The third kappa shape index (κ3) is 3.30. The van der Waals surface area contributed by atoms with Crippen molar-refractivity contribution in [3.63, 3.8) is 0 Å². The lowest BCUT2D eigenvalue weighted by Gasteiger charge is -2.27. The molecule has 6 nitrogen and oxygen atoms in total. The minimum absolute atomic E-state index is 0.106. The molecule has 1 aromatic heterocycles. The van der Waals surface area contributed by atoms with Gasteiger partial charge in [0.05, 0.1) is 24.9 Å². The van der Waals surface area contributed by atoms with Crippen LogP contribution in [0.1, 0.15) is 11.4 Å². The van der Waals surface area contributed by atoms with Gasteiger partial charge in [-0.1, -0.05) is 0 Å². The van der Waals surface area contributed by atoms with Crippen LogP contribution >= 0.6 is 11.3 Å². The van der Waals surface area contributed by atoms with Crippen LogP contribution in [-0.2, 0) is 0 Å². The van der Waals surface area contributed by atoms with Gasteiger partial charge in [0.15, 0.2) is 10.8 Å². The van der Waals surface area contributed by atoms with E-state index in [2.05, 4.69) is 9.98 Å². The number of hydrogen-bond donors (Lipinski definition) is 3. The van der Waals surface area contributed by atoms with E-state index < -0.39 is 12.7 Å². The molecule has 122 valence electrons. The standard InChI is InChI=1S/C14H15F2N5OS/c15-14(16)19-2-1-10(17)9-6-20-12(13-18-3-4-23-13)21-7-8(22)5-11(9)21/h1-4,8,14,17,19,22H,5-7H2/b2-1-,17-10?. The maximum Gasteiger partial charge on any atom is 0.312 e. The Hall–Kier alpha value is -2.13. The number of aromatic nitrogens is 1. The number of alkyl halides is 2. The number of aliphatic imine (C=N–C) groups is 1. The first-order valence-electron chi connectivity index (χ1n) is 6.98. The molecule has 2 aliphatic rings. The summed E-state index contributed by atoms with van der Waals surface area (Å²) in [6, 6.07) is 0. The second-order valence-electron chi connectivity index (χ2n) is 5.09. The van der Waals surface area contributed by atoms with Gasteiger partial charge < -0.3 is 20.7 Å². The molecular weight excluding hydrogens is 324 g/mol. The lowest BCUT2D eigenvalue weighted by Crippen LogP contribution is -2.34. The van der Waals surface area contributed by atoms with Crippen molar-refractivity contribution in [1.29, 1.82) is 5.41 Å². The van der Waals surface area contributed by atoms with E-state index in [1.807, 2.05) is 15.6 Å². The lowest BCUT2D eigenvalue weighted by molar-refractivity contribution is 0.125. The van der Waals surface area contributed by atoms with Crippen LogP contribution in [0.5, 0.6) is 0 Å². The van der Waals surface area contributed by atoms with Crippen LogP contribution in [0.25, 0.3) is 0 Å². The normalized spacial score (nSPS) is 21.1. The highest BCUT2D eigenvalue weighted by Crippen LogP contribution is 2.31. The Kier molecular flexibility index (Phi) is 4.49. The molecule has 3 rings (SSSR count). The van der Waals surface area contributed by atoms with Gasteiger partial charge in [0.2, 0.25) is 0 Å². The number of halogens is 2. The van der Waals surface area contributed by atoms with Crippen molar-refractivity contribution in [3.8, 4) is 0 Å². The van der Waals surface area contributed by atoms with Crippen molar-refractivity contribution in [3.05, 3.63) is 40.1 Å². The van der Waals surface area contributed by atoms with Crippen LogP contribution in [0.3, 0.4) is 0 Å². The maximum atomic E-state index is 12.1. The molecule has 0 amide bonds. The van der Waals surface area contributed by atoms with Crippen molar-refractivity contribution in [2.75, 3.05) is 13.1 Å². The first kappa shape index (κ1) is 15.8. The minimum atomic E-state index is -2.66. The summed E-state index contributed by atoms with van der Waals surface area (Å²) in [6.45, 7) is -2.00. The number of rotatable bonds is 5. The Morgan fingerprint density at radius 3 is 3.09 bits per heavy atom. The Morgan fingerprint density at radius 1 is 1.57 bits per heavy atom. The smallest absolute Gasteiger partial charge is 0.312 e. The van der Waals surface area contributed by atoms with Crippen molar-refractivity contribution < 1.29 is 13.9 Å². The molecule has 0 saturated carbocycles. The fourth-order valence-corrected chi connectivity index (χ4v) is 3.26. The average Bonchev–Trinajstić information content (AvgIpc) is 3.13. The van der Waals surface area contributed by atoms with Gasteiger partial charge in [-0.15, -0.1) is 11.3 Å². The molecule has 0 aliphatic carbocycles. The largest absolute Gasteiger partial charge is 0.391 e. The number of hydrogen-bond acceptors (Lipinski definition) is 7. The summed E-state index contributed by atoms with van der Waals surface area (Å²) in [6.07, 6.45) is 3.89. The summed E-state index contributed by atoms with van der Waals surface area (Å²) in [5.41, 5.74) is 1.55. The number of aliphatic hydroxyl groups excluding tert-OH is 1. The Bertz CT molecular complexity index is 683. The molecule has 3 heterocycles. The Morgan fingerprint density at radius 2 is 2.39 bits per heavy atom. The van der Waals surface area contributed by atoms with Crippen molar-refractivity contribution in [2.24, 2.45) is 4.99 Å². The second kappa shape index (κ2) is 6.55. The van der Waals surface area contributed by atoms with E-state index in [9.17, 15) is 13.9 Å². The van der Waals surface area contributed by atoms with Gasteiger partial charge in [-0.2, -0.15) is 8.78 Å². The molecule has 0 radical (unpaired) electrons. The summed E-state index contributed by atoms with van der Waals surface area (Å²) in [5, 5.41) is 22.5. The van der Waals surface area contributed by atoms with E-state index in [1.165, 1.54) is 17.4 Å². The van der Waals surface area contributed by atoms with Gasteiger partial charge >= 0.3 is 6.55 Å². The molecule has 2 aliphatic heterocycles. The highest BCUT2D eigenvalue weighted by atomic mass is 32.1. The van der Waals surface area contributed by atoms with Crippen LogP contribution in [0.15, 0.2) is 40.1 Å². The molecule has 1 aromatic rings. The molecule has 3 N–H and O–H groups in total. The molecule has 1 fully saturated rings. The van der Waals surface area contributed by atoms with Gasteiger partial charge in [-0.05, 0) is 6.08 Å². The highest BCUT2D eigenvalue weighted by molar-refractivity contribution is 7.11. The Balaban J connectivity index is 1.85. The zero-order valence-electron chi connectivity index (χ0n) is 12.0. The van der Waals surface area contributed by atoms with Crippen molar-refractivity contribution >= 4 is 22.9 Å². The zero-order chi connectivity index (χ0) is 16.4. The van der Waals surface area contributed by atoms with E-state index in [1.54, 1.807) is 6.20 Å². The van der Waals surface area contributed by atoms with Crippen LogP contribution in [-0.4, -0.2) is 52.3 Å². The number of thiazole rings is 1. The second-order valence-corrected chi connectivity index (χ2v) is 5.98. The number of fused-ring (bicyclic) bond motifs is 1. The first-order valence-corrected chi connectivity index (χ1v) is 7.86. The summed E-state index contributed by atoms with van der Waals surface area (Å²) < 4.78 is 24.2. The van der Waals surface area contributed by atoms with E-state index in [0.717, 1.165) is 16.9 Å². The summed E-state index contributed by atoms with van der Waals surface area (Å²) in [7, 11) is 0. The van der Waals surface area contributed by atoms with Crippen molar-refractivity contribution in [1.82, 2.24) is 15.2 Å². The van der Waals surface area contributed by atoms with Crippen LogP contribution in [0.4, 0.5) is 8.78 Å². The van der Waals surface area contributed by atoms with Crippen LogP contribution < -0.4 is 5.32 Å². The fourth-order valence-electron chi connectivity index (χ4n) is 2.61. The summed E-state index contributed by atoms with van der Waals surface area (Å²) in [5.74, 6) is 0.692. The monoisotopic (exact) mass is 339 g/mol. The van der Waals surface area contributed by atoms with Crippen LogP contribution in [0.2, 0.25) is 0 Å². The number of allylic oxidation sites excluding steroid dienone is 1. The third-order valence-corrected chi connectivity index (χ3v) is 4.33. The fraction of sp³-hybridized carbons (Fsp3) is 0.357. The number of aliphatic hydroxyl groups is 1. The molecular formula is C14H15F2N5OS. The topological polar surface area (TPSA) is 84.6 Å². The first-order chi connectivity index (χ1) is 11.1. The minimum Gasteiger partial charge on any atom is -0.391 e. The summed E-state index contributed by atoms with van der Waals surface area (Å²) in [4.78, 5) is 10.6. The van der Waals surface area contributed by atoms with Gasteiger partial charge in [-0.3, -0.25) is 4.99 Å². The van der Waals surface area contributed by atoms with Gasteiger partial charge in [0, 0.05) is 35.5 Å². The molecule has 1 saturated heterocycles. The molecule has 9 heteroatoms. The maximum absolute atomic E-state index is 12.1. The third-order valence-electron chi connectivity index (χ3n) is 3.56. The van der Waals surface area contributed by atoms with Gasteiger partial charge in [0.1, 0.15) is 0 Å². The van der Waals surface area contributed by atoms with E-state index in [4.69, 9.17) is 5.41 Å². The van der Waals surface area contributed by atoms with E-state index >= 15 is 0 Å². The van der Waals surface area contributed by atoms with Crippen LogP contribution in [0, 0.1) is 5.41 Å². The predicted octanol–water partition coefficient (Wildman–Crippen LogP) is 1.57. The molecule has 0 spiro atoms. The SMILES string of the molecule is N=C(/C=C\NC(F)F)C1=C2CC(O)CN2C(c2nccs2)=NC1. The quantitative estimate of drug-likeness (QED) is 0.562. The van der Waals surface area contributed by atoms with Gasteiger partial charge in [0.25, 0.3) is 0 Å². The summed E-state index contributed by atoms with van der Waals surface area (Å²) >= 11 is 1.46. The average molecular weight is 339 g/mol. The predicted molar refractivity (Wildman–Crippen MR) is 83.9 cm³/mol. The lowest BCUT2D eigenvalue weighted by atomic mass is 10.0. The Labute approximate surface area is 135 Å². The highest BCUT2D eigenvalue weighted by Gasteiger charge is 2.35. The van der Waals surface area contributed by atoms with Crippen molar-refractivity contribution in [2.45, 2.75) is 19.1 Å².